The molecule has 4 heteroatoms. The number of amides is 1. The summed E-state index contributed by atoms with van der Waals surface area (Å²) in [5.41, 5.74) is 2.09. The molecule has 1 aromatic carbocycles. The minimum Gasteiger partial charge on any atom is -0.392 e. The lowest BCUT2D eigenvalue weighted by Crippen LogP contribution is -2.37. The van der Waals surface area contributed by atoms with Crippen LogP contribution in [0, 0.1) is 5.92 Å². The van der Waals surface area contributed by atoms with Gasteiger partial charge in [-0.1, -0.05) is 38.1 Å². The first-order valence-corrected chi connectivity index (χ1v) is 7.74. The Labute approximate surface area is 119 Å². The molecule has 106 valence electrons. The van der Waals surface area contributed by atoms with Gasteiger partial charge in [0, 0.05) is 11.8 Å². The maximum atomic E-state index is 11.7. The highest BCUT2D eigenvalue weighted by atomic mass is 32.2. The molecule has 0 aromatic heterocycles. The van der Waals surface area contributed by atoms with Crippen LogP contribution in [0.25, 0.3) is 0 Å². The van der Waals surface area contributed by atoms with Crippen LogP contribution in [0.5, 0.6) is 0 Å². The van der Waals surface area contributed by atoms with E-state index in [1.54, 1.807) is 11.8 Å². The van der Waals surface area contributed by atoms with Crippen LogP contribution >= 0.6 is 11.8 Å². The van der Waals surface area contributed by atoms with E-state index in [9.17, 15) is 4.79 Å². The highest BCUT2D eigenvalue weighted by molar-refractivity contribution is 7.99. The monoisotopic (exact) mass is 281 g/mol. The van der Waals surface area contributed by atoms with Crippen LogP contribution in [0.3, 0.4) is 0 Å². The molecule has 2 N–H and O–H groups in total. The van der Waals surface area contributed by atoms with E-state index >= 15 is 0 Å². The second-order valence-corrected chi connectivity index (χ2v) is 6.05. The molecule has 0 bridgehead atoms. The van der Waals surface area contributed by atoms with Gasteiger partial charge in [0.05, 0.1) is 12.4 Å². The van der Waals surface area contributed by atoms with Gasteiger partial charge in [0.1, 0.15) is 0 Å². The second-order valence-electron chi connectivity index (χ2n) is 5.07. The van der Waals surface area contributed by atoms with E-state index in [2.05, 4.69) is 19.2 Å². The molecule has 1 aromatic rings. The molecule has 1 unspecified atom stereocenters. The van der Waals surface area contributed by atoms with Crippen LogP contribution in [0.2, 0.25) is 0 Å². The number of aliphatic hydroxyl groups is 1. The molecule has 3 nitrogen and oxygen atoms in total. The Kier molecular flexibility index (Phi) is 6.95. The van der Waals surface area contributed by atoms with Crippen molar-refractivity contribution in [2.75, 3.05) is 5.75 Å². The summed E-state index contributed by atoms with van der Waals surface area (Å²) in [6.07, 6.45) is 0. The maximum absolute atomic E-state index is 11.7. The summed E-state index contributed by atoms with van der Waals surface area (Å²) in [5.74, 6) is 1.85. The first-order valence-electron chi connectivity index (χ1n) is 6.58. The number of benzene rings is 1. The molecule has 0 fully saturated rings. The Balaban J connectivity index is 2.27. The molecule has 19 heavy (non-hydrogen) atoms. The summed E-state index contributed by atoms with van der Waals surface area (Å²) in [7, 11) is 0. The molecule has 0 saturated heterocycles. The van der Waals surface area contributed by atoms with Gasteiger partial charge >= 0.3 is 0 Å². The Hall–Kier alpha value is -1.00. The SMILES string of the molecule is CC(C)C(C)NC(=O)CSCc1ccc(CO)cc1. The number of thioether (sulfide) groups is 1. The highest BCUT2D eigenvalue weighted by Gasteiger charge is 2.10. The first-order chi connectivity index (χ1) is 9.02. The van der Waals surface area contributed by atoms with Gasteiger partial charge in [-0.2, -0.15) is 0 Å². The lowest BCUT2D eigenvalue weighted by Gasteiger charge is -2.17. The van der Waals surface area contributed by atoms with Crippen molar-refractivity contribution in [3.05, 3.63) is 35.4 Å². The lowest BCUT2D eigenvalue weighted by molar-refractivity contribution is -0.119. The number of aliphatic hydroxyl groups excluding tert-OH is 1. The fourth-order valence-electron chi connectivity index (χ4n) is 1.46. The van der Waals surface area contributed by atoms with Gasteiger partial charge in [0.15, 0.2) is 0 Å². The van der Waals surface area contributed by atoms with Crippen LogP contribution in [-0.4, -0.2) is 22.8 Å². The first kappa shape index (κ1) is 16.1. The Morgan fingerprint density at radius 1 is 1.21 bits per heavy atom. The van der Waals surface area contributed by atoms with Crippen LogP contribution in [0.15, 0.2) is 24.3 Å². The summed E-state index contributed by atoms with van der Waals surface area (Å²) < 4.78 is 0. The summed E-state index contributed by atoms with van der Waals surface area (Å²) >= 11 is 1.61. The minimum absolute atomic E-state index is 0.0723. The van der Waals surface area contributed by atoms with E-state index in [-0.39, 0.29) is 18.6 Å². The summed E-state index contributed by atoms with van der Waals surface area (Å²) in [6, 6.07) is 8.03. The maximum Gasteiger partial charge on any atom is 0.230 e. The number of rotatable bonds is 7. The average Bonchev–Trinajstić information content (AvgIpc) is 2.39. The highest BCUT2D eigenvalue weighted by Crippen LogP contribution is 2.13. The Morgan fingerprint density at radius 2 is 1.79 bits per heavy atom. The summed E-state index contributed by atoms with van der Waals surface area (Å²) in [6.45, 7) is 6.30. The molecule has 0 radical (unpaired) electrons. The number of nitrogens with one attached hydrogen (secondary N) is 1. The van der Waals surface area contributed by atoms with E-state index in [0.29, 0.717) is 11.7 Å². The van der Waals surface area contributed by atoms with Crippen LogP contribution in [-0.2, 0) is 17.2 Å². The lowest BCUT2D eigenvalue weighted by atomic mass is 10.1. The quantitative estimate of drug-likeness (QED) is 0.807. The zero-order chi connectivity index (χ0) is 14.3. The van der Waals surface area contributed by atoms with E-state index in [4.69, 9.17) is 5.11 Å². The molecule has 1 rings (SSSR count). The molecule has 0 aliphatic rings. The third-order valence-electron chi connectivity index (χ3n) is 3.10. The molecule has 1 atom stereocenters. The molecule has 0 aliphatic carbocycles. The van der Waals surface area contributed by atoms with Crippen molar-refractivity contribution in [3.63, 3.8) is 0 Å². The molecule has 0 saturated carbocycles. The molecule has 1 amide bonds. The summed E-state index contributed by atoms with van der Waals surface area (Å²) in [4.78, 5) is 11.7. The van der Waals surface area contributed by atoms with Gasteiger partial charge in [-0.25, -0.2) is 0 Å². The predicted octanol–water partition coefficient (Wildman–Crippen LogP) is 2.57. The van der Waals surface area contributed by atoms with Crippen molar-refractivity contribution >= 4 is 17.7 Å². The van der Waals surface area contributed by atoms with Crippen molar-refractivity contribution in [2.24, 2.45) is 5.92 Å². The molecule has 0 aliphatic heterocycles. The van der Waals surface area contributed by atoms with Crippen molar-refractivity contribution in [1.29, 1.82) is 0 Å². The van der Waals surface area contributed by atoms with Gasteiger partial charge in [0.2, 0.25) is 5.91 Å². The number of carbonyl (C=O) groups excluding carboxylic acids is 1. The van der Waals surface area contributed by atoms with Crippen molar-refractivity contribution in [1.82, 2.24) is 5.32 Å². The largest absolute Gasteiger partial charge is 0.392 e. The van der Waals surface area contributed by atoms with Gasteiger partial charge in [-0.3, -0.25) is 4.79 Å². The van der Waals surface area contributed by atoms with Crippen LogP contribution < -0.4 is 5.32 Å². The van der Waals surface area contributed by atoms with E-state index in [1.165, 1.54) is 5.56 Å². The van der Waals surface area contributed by atoms with Crippen molar-refractivity contribution in [2.45, 2.75) is 39.2 Å². The van der Waals surface area contributed by atoms with E-state index < -0.39 is 0 Å². The minimum atomic E-state index is 0.0723. The van der Waals surface area contributed by atoms with Crippen molar-refractivity contribution in [3.8, 4) is 0 Å². The normalized spacial score (nSPS) is 12.5. The predicted molar refractivity (Wildman–Crippen MR) is 81.0 cm³/mol. The fraction of sp³-hybridized carbons (Fsp3) is 0.533. The molecule has 0 heterocycles. The zero-order valence-corrected chi connectivity index (χ0v) is 12.7. The number of hydrogen-bond acceptors (Lipinski definition) is 3. The fourth-order valence-corrected chi connectivity index (χ4v) is 2.26. The van der Waals surface area contributed by atoms with Crippen molar-refractivity contribution < 1.29 is 9.90 Å². The number of carbonyl (C=O) groups is 1. The standard InChI is InChI=1S/C15H23NO2S/c1-11(2)12(3)16-15(18)10-19-9-14-6-4-13(8-17)5-7-14/h4-7,11-12,17H,8-10H2,1-3H3,(H,16,18). The Morgan fingerprint density at radius 3 is 2.32 bits per heavy atom. The number of hydrogen-bond donors (Lipinski definition) is 2. The second kappa shape index (κ2) is 8.23. The Bertz CT molecular complexity index is 390. The molecular weight excluding hydrogens is 258 g/mol. The average molecular weight is 281 g/mol. The third kappa shape index (κ3) is 6.12. The van der Waals surface area contributed by atoms with Gasteiger partial charge in [-0.15, -0.1) is 11.8 Å². The van der Waals surface area contributed by atoms with Crippen LogP contribution in [0.1, 0.15) is 31.9 Å². The van der Waals surface area contributed by atoms with E-state index in [0.717, 1.165) is 11.3 Å². The molecular formula is C15H23NO2S. The zero-order valence-electron chi connectivity index (χ0n) is 11.8. The van der Waals surface area contributed by atoms with Gasteiger partial charge in [-0.05, 0) is 24.0 Å². The van der Waals surface area contributed by atoms with E-state index in [1.807, 2.05) is 31.2 Å². The van der Waals surface area contributed by atoms with Gasteiger partial charge < -0.3 is 10.4 Å². The summed E-state index contributed by atoms with van der Waals surface area (Å²) in [5, 5.41) is 11.9. The third-order valence-corrected chi connectivity index (χ3v) is 4.10. The van der Waals surface area contributed by atoms with Gasteiger partial charge in [0.25, 0.3) is 0 Å². The topological polar surface area (TPSA) is 49.3 Å². The molecule has 0 spiro atoms. The van der Waals surface area contributed by atoms with Crippen LogP contribution in [0.4, 0.5) is 0 Å². The smallest absolute Gasteiger partial charge is 0.230 e.